The van der Waals surface area contributed by atoms with Crippen LogP contribution in [0.3, 0.4) is 0 Å². The molecule has 1 rings (SSSR count). The highest BCUT2D eigenvalue weighted by Gasteiger charge is 1.91. The summed E-state index contributed by atoms with van der Waals surface area (Å²) in [6.07, 6.45) is 1.58. The Morgan fingerprint density at radius 2 is 2.44 bits per heavy atom. The second kappa shape index (κ2) is 2.23. The molecule has 48 valence electrons. The van der Waals surface area contributed by atoms with Gasteiger partial charge in [0.25, 0.3) is 0 Å². The average molecular weight is 142 g/mol. The van der Waals surface area contributed by atoms with Gasteiger partial charge in [-0.1, -0.05) is 0 Å². The number of thiol groups is 1. The molecule has 0 saturated heterocycles. The molecule has 0 aliphatic heterocycles. The molecule has 9 heavy (non-hydrogen) atoms. The SMILES string of the molecule is Cc1c[nH]c(=O)nc1S. The minimum absolute atomic E-state index is 0.356. The minimum atomic E-state index is -0.356. The zero-order valence-corrected chi connectivity index (χ0v) is 5.77. The van der Waals surface area contributed by atoms with Crippen LogP contribution in [0.2, 0.25) is 0 Å². The van der Waals surface area contributed by atoms with Crippen LogP contribution in [0.1, 0.15) is 5.56 Å². The summed E-state index contributed by atoms with van der Waals surface area (Å²) in [6.45, 7) is 1.82. The maximum absolute atomic E-state index is 10.4. The number of aromatic amines is 1. The van der Waals surface area contributed by atoms with Crippen LogP contribution in [0.15, 0.2) is 16.0 Å². The average Bonchev–Trinajstić information content (AvgIpc) is 1.80. The number of rotatable bonds is 0. The first-order valence-electron chi connectivity index (χ1n) is 2.45. The number of nitrogens with one attached hydrogen (secondary N) is 1. The quantitative estimate of drug-likeness (QED) is 0.406. The normalized spacial score (nSPS) is 9.56. The molecule has 0 aliphatic rings. The van der Waals surface area contributed by atoms with E-state index in [9.17, 15) is 4.79 Å². The van der Waals surface area contributed by atoms with E-state index in [2.05, 4.69) is 22.6 Å². The number of aryl methyl sites for hydroxylation is 1. The van der Waals surface area contributed by atoms with Crippen molar-refractivity contribution in [2.45, 2.75) is 11.9 Å². The lowest BCUT2D eigenvalue weighted by Crippen LogP contribution is -2.09. The summed E-state index contributed by atoms with van der Waals surface area (Å²) < 4.78 is 0. The molecular formula is C5H6N2OS. The van der Waals surface area contributed by atoms with Crippen LogP contribution >= 0.6 is 12.6 Å². The first-order valence-corrected chi connectivity index (χ1v) is 2.90. The zero-order chi connectivity index (χ0) is 6.85. The molecule has 0 radical (unpaired) electrons. The molecule has 0 fully saturated rings. The molecule has 0 saturated carbocycles. The Kier molecular flexibility index (Phi) is 1.57. The number of nitrogens with zero attached hydrogens (tertiary/aromatic N) is 1. The number of hydrogen-bond donors (Lipinski definition) is 2. The van der Waals surface area contributed by atoms with Crippen molar-refractivity contribution in [1.29, 1.82) is 0 Å². The van der Waals surface area contributed by atoms with E-state index in [1.165, 1.54) is 0 Å². The smallest absolute Gasteiger partial charge is 0.312 e. The third-order valence-electron chi connectivity index (χ3n) is 0.972. The highest BCUT2D eigenvalue weighted by atomic mass is 32.1. The third kappa shape index (κ3) is 1.32. The van der Waals surface area contributed by atoms with Crippen molar-refractivity contribution in [2.75, 3.05) is 0 Å². The zero-order valence-electron chi connectivity index (χ0n) is 4.88. The van der Waals surface area contributed by atoms with Crippen molar-refractivity contribution in [3.05, 3.63) is 22.2 Å². The third-order valence-corrected chi connectivity index (χ3v) is 1.43. The molecule has 0 bridgehead atoms. The molecule has 3 nitrogen and oxygen atoms in total. The fraction of sp³-hybridized carbons (Fsp3) is 0.200. The summed E-state index contributed by atoms with van der Waals surface area (Å²) in [7, 11) is 0. The van der Waals surface area contributed by atoms with Crippen LogP contribution in [0.5, 0.6) is 0 Å². The molecule has 1 N–H and O–H groups in total. The summed E-state index contributed by atoms with van der Waals surface area (Å²) in [5.74, 6) is 0. The fourth-order valence-corrected chi connectivity index (χ4v) is 0.607. The van der Waals surface area contributed by atoms with Crippen molar-refractivity contribution in [1.82, 2.24) is 9.97 Å². The standard InChI is InChI=1S/C5H6N2OS/c1-3-2-6-5(8)7-4(3)9/h2H,1H3,(H2,6,7,8,9). The molecule has 1 aromatic rings. The monoisotopic (exact) mass is 142 g/mol. The van der Waals surface area contributed by atoms with Gasteiger partial charge in [0.2, 0.25) is 0 Å². The van der Waals surface area contributed by atoms with Gasteiger partial charge in [-0.05, 0) is 12.5 Å². The molecule has 0 aliphatic carbocycles. The largest absolute Gasteiger partial charge is 0.345 e. The van der Waals surface area contributed by atoms with Crippen LogP contribution in [0.4, 0.5) is 0 Å². The summed E-state index contributed by atoms with van der Waals surface area (Å²) in [5.41, 5.74) is 0.517. The van der Waals surface area contributed by atoms with E-state index in [4.69, 9.17) is 0 Å². The molecule has 0 aromatic carbocycles. The van der Waals surface area contributed by atoms with Gasteiger partial charge in [0.15, 0.2) is 0 Å². The molecule has 0 spiro atoms. The van der Waals surface area contributed by atoms with Crippen LogP contribution in [0, 0.1) is 6.92 Å². The summed E-state index contributed by atoms with van der Waals surface area (Å²) in [6, 6.07) is 0. The molecule has 4 heteroatoms. The van der Waals surface area contributed by atoms with Gasteiger partial charge in [0.05, 0.1) is 0 Å². The van der Waals surface area contributed by atoms with E-state index in [0.29, 0.717) is 5.03 Å². The Balaban J connectivity index is 3.34. The lowest BCUT2D eigenvalue weighted by molar-refractivity contribution is 0.951. The van der Waals surface area contributed by atoms with E-state index in [1.54, 1.807) is 6.20 Å². The van der Waals surface area contributed by atoms with Crippen molar-refractivity contribution in [3.63, 3.8) is 0 Å². The predicted octanol–water partition coefficient (Wildman–Crippen LogP) is 0.367. The molecule has 1 aromatic heterocycles. The Labute approximate surface area is 57.6 Å². The molecule has 0 unspecified atom stereocenters. The van der Waals surface area contributed by atoms with Gasteiger partial charge >= 0.3 is 5.69 Å². The second-order valence-electron chi connectivity index (χ2n) is 1.71. The molecule has 1 heterocycles. The summed E-state index contributed by atoms with van der Waals surface area (Å²) in [5, 5.41) is 0.485. The maximum Gasteiger partial charge on any atom is 0.345 e. The number of aromatic nitrogens is 2. The Hall–Kier alpha value is -0.770. The Morgan fingerprint density at radius 1 is 1.78 bits per heavy atom. The van der Waals surface area contributed by atoms with E-state index < -0.39 is 0 Å². The highest BCUT2D eigenvalue weighted by molar-refractivity contribution is 7.80. The summed E-state index contributed by atoms with van der Waals surface area (Å²) in [4.78, 5) is 16.4. The minimum Gasteiger partial charge on any atom is -0.312 e. The molecule has 0 amide bonds. The second-order valence-corrected chi connectivity index (χ2v) is 2.14. The van der Waals surface area contributed by atoms with Crippen molar-refractivity contribution < 1.29 is 0 Å². The van der Waals surface area contributed by atoms with Gasteiger partial charge in [0.1, 0.15) is 5.03 Å². The Bertz CT molecular complexity index is 268. The number of H-pyrrole nitrogens is 1. The van der Waals surface area contributed by atoms with Gasteiger partial charge in [-0.25, -0.2) is 4.79 Å². The van der Waals surface area contributed by atoms with Crippen LogP contribution in [0.25, 0.3) is 0 Å². The molecule has 0 atom stereocenters. The van der Waals surface area contributed by atoms with E-state index in [-0.39, 0.29) is 5.69 Å². The van der Waals surface area contributed by atoms with Crippen LogP contribution < -0.4 is 5.69 Å². The van der Waals surface area contributed by atoms with Gasteiger partial charge in [0, 0.05) is 6.20 Å². The van der Waals surface area contributed by atoms with Gasteiger partial charge in [-0.15, -0.1) is 12.6 Å². The van der Waals surface area contributed by atoms with Crippen molar-refractivity contribution in [2.24, 2.45) is 0 Å². The lowest BCUT2D eigenvalue weighted by Gasteiger charge is -1.91. The number of hydrogen-bond acceptors (Lipinski definition) is 3. The highest BCUT2D eigenvalue weighted by Crippen LogP contribution is 2.02. The predicted molar refractivity (Wildman–Crippen MR) is 36.8 cm³/mol. The lowest BCUT2D eigenvalue weighted by atomic mass is 10.4. The first-order chi connectivity index (χ1) is 4.20. The van der Waals surface area contributed by atoms with E-state index >= 15 is 0 Å². The van der Waals surface area contributed by atoms with Gasteiger partial charge < -0.3 is 4.98 Å². The maximum atomic E-state index is 10.4. The Morgan fingerprint density at radius 3 is 2.89 bits per heavy atom. The summed E-state index contributed by atoms with van der Waals surface area (Å²) >= 11 is 3.94. The van der Waals surface area contributed by atoms with Crippen molar-refractivity contribution >= 4 is 12.6 Å². The van der Waals surface area contributed by atoms with E-state index in [1.807, 2.05) is 6.92 Å². The topological polar surface area (TPSA) is 45.8 Å². The van der Waals surface area contributed by atoms with Crippen LogP contribution in [-0.4, -0.2) is 9.97 Å². The first kappa shape index (κ1) is 6.35. The fourth-order valence-electron chi connectivity index (χ4n) is 0.451. The van der Waals surface area contributed by atoms with Crippen molar-refractivity contribution in [3.8, 4) is 0 Å². The molecular weight excluding hydrogens is 136 g/mol. The van der Waals surface area contributed by atoms with Gasteiger partial charge in [-0.3, -0.25) is 0 Å². The van der Waals surface area contributed by atoms with E-state index in [0.717, 1.165) is 5.56 Å². The van der Waals surface area contributed by atoms with Crippen LogP contribution in [-0.2, 0) is 0 Å². The van der Waals surface area contributed by atoms with Gasteiger partial charge in [-0.2, -0.15) is 4.98 Å².